The first-order valence-corrected chi connectivity index (χ1v) is 12.2. The molecule has 0 aliphatic carbocycles. The highest BCUT2D eigenvalue weighted by atomic mass is 16.5. The van der Waals surface area contributed by atoms with E-state index in [0.717, 1.165) is 5.92 Å². The third kappa shape index (κ3) is 12.8. The number of amides is 2. The summed E-state index contributed by atoms with van der Waals surface area (Å²) in [6.07, 6.45) is 2.77. The molecule has 0 saturated carbocycles. The predicted octanol–water partition coefficient (Wildman–Crippen LogP) is 4.19. The van der Waals surface area contributed by atoms with Crippen molar-refractivity contribution in [2.75, 3.05) is 26.8 Å². The van der Waals surface area contributed by atoms with Crippen LogP contribution in [0.4, 0.5) is 0 Å². The van der Waals surface area contributed by atoms with E-state index in [1.807, 2.05) is 34.6 Å². The molecule has 7 heteroatoms. The van der Waals surface area contributed by atoms with E-state index in [4.69, 9.17) is 4.74 Å². The maximum Gasteiger partial charge on any atom is 0.333 e. The van der Waals surface area contributed by atoms with Crippen molar-refractivity contribution < 1.29 is 24.2 Å². The molecule has 7 nitrogen and oxygen atoms in total. The Hall–Kier alpha value is -1.89. The number of hydrogen-bond acceptors (Lipinski definition) is 5. The SMILES string of the molecule is CC(C)C.CCOC(=O)/C(C)=C/[C@H](C(C)C)N(C)C(=O)CNC(=O)C(CC)(CO)CC(C)C. The molecular formula is C26H50N2O5. The summed E-state index contributed by atoms with van der Waals surface area (Å²) in [5.41, 5.74) is -0.443. The van der Waals surface area contributed by atoms with Gasteiger partial charge in [-0.3, -0.25) is 9.59 Å². The molecule has 0 radical (unpaired) electrons. The highest BCUT2D eigenvalue weighted by Gasteiger charge is 2.37. The van der Waals surface area contributed by atoms with Gasteiger partial charge in [-0.15, -0.1) is 0 Å². The molecule has 0 aromatic rings. The van der Waals surface area contributed by atoms with Crippen LogP contribution in [0.5, 0.6) is 0 Å². The molecule has 1 unspecified atom stereocenters. The lowest BCUT2D eigenvalue weighted by atomic mass is 9.77. The predicted molar refractivity (Wildman–Crippen MR) is 135 cm³/mol. The van der Waals surface area contributed by atoms with E-state index in [0.29, 0.717) is 18.4 Å². The molecule has 0 bridgehead atoms. The topological polar surface area (TPSA) is 95.9 Å². The zero-order valence-electron chi connectivity index (χ0n) is 22.9. The van der Waals surface area contributed by atoms with Gasteiger partial charge in [0, 0.05) is 12.6 Å². The minimum Gasteiger partial charge on any atom is -0.463 e. The van der Waals surface area contributed by atoms with E-state index in [2.05, 4.69) is 26.1 Å². The first-order valence-electron chi connectivity index (χ1n) is 12.2. The standard InChI is InChI=1S/C22H40N2O5.C4H10/c1-9-22(14-25,12-15(3)4)21(28)23-13-19(26)24(8)18(16(5)6)11-17(7)20(27)29-10-2;1-4(2)3/h11,15-16,18,25H,9-10,12-14H2,1-8H3,(H,23,28);4H,1-3H3/b17-11+;/t18-,22?;/m1./s1. The van der Waals surface area contributed by atoms with Gasteiger partial charge in [0.25, 0.3) is 0 Å². The van der Waals surface area contributed by atoms with Crippen molar-refractivity contribution in [1.82, 2.24) is 10.2 Å². The van der Waals surface area contributed by atoms with Crippen LogP contribution in [-0.4, -0.2) is 60.6 Å². The third-order valence-corrected chi connectivity index (χ3v) is 5.20. The van der Waals surface area contributed by atoms with Gasteiger partial charge in [0.05, 0.1) is 31.2 Å². The lowest BCUT2D eigenvalue weighted by molar-refractivity contribution is -0.139. The summed E-state index contributed by atoms with van der Waals surface area (Å²) in [5, 5.41) is 12.5. The molecule has 0 spiro atoms. The minimum absolute atomic E-state index is 0.0668. The molecule has 0 aromatic carbocycles. The number of hydrogen-bond donors (Lipinski definition) is 2. The van der Waals surface area contributed by atoms with Crippen LogP contribution in [0.15, 0.2) is 11.6 Å². The van der Waals surface area contributed by atoms with Crippen molar-refractivity contribution >= 4 is 17.8 Å². The molecule has 2 atom stereocenters. The summed E-state index contributed by atoms with van der Waals surface area (Å²) >= 11 is 0. The molecule has 0 aliphatic heterocycles. The Balaban J connectivity index is 0. The number of aliphatic hydroxyl groups is 1. The van der Waals surface area contributed by atoms with E-state index in [1.54, 1.807) is 27.0 Å². The highest BCUT2D eigenvalue weighted by Crippen LogP contribution is 2.30. The lowest BCUT2D eigenvalue weighted by Crippen LogP contribution is -2.49. The number of likely N-dealkylation sites (N-methyl/N-ethyl adjacent to an activating group) is 1. The van der Waals surface area contributed by atoms with Gasteiger partial charge >= 0.3 is 5.97 Å². The molecule has 2 N–H and O–H groups in total. The van der Waals surface area contributed by atoms with Crippen LogP contribution in [0.25, 0.3) is 0 Å². The molecule has 194 valence electrons. The lowest BCUT2D eigenvalue weighted by Gasteiger charge is -2.32. The smallest absolute Gasteiger partial charge is 0.333 e. The van der Waals surface area contributed by atoms with Gasteiger partial charge in [-0.25, -0.2) is 4.79 Å². The normalized spacial score (nSPS) is 14.3. The van der Waals surface area contributed by atoms with Gasteiger partial charge < -0.3 is 20.1 Å². The highest BCUT2D eigenvalue weighted by molar-refractivity contribution is 5.89. The third-order valence-electron chi connectivity index (χ3n) is 5.20. The Morgan fingerprint density at radius 1 is 1.06 bits per heavy atom. The van der Waals surface area contributed by atoms with E-state index in [-0.39, 0.29) is 49.5 Å². The largest absolute Gasteiger partial charge is 0.463 e. The number of esters is 1. The van der Waals surface area contributed by atoms with Gasteiger partial charge in [0.15, 0.2) is 0 Å². The quantitative estimate of drug-likeness (QED) is 0.329. The molecule has 33 heavy (non-hydrogen) atoms. The van der Waals surface area contributed by atoms with Gasteiger partial charge in [-0.2, -0.15) is 0 Å². The number of carbonyl (C=O) groups excluding carboxylic acids is 3. The fourth-order valence-electron chi connectivity index (χ4n) is 3.38. The summed E-state index contributed by atoms with van der Waals surface area (Å²) in [7, 11) is 1.65. The van der Waals surface area contributed by atoms with Crippen molar-refractivity contribution in [3.05, 3.63) is 11.6 Å². The molecule has 0 fully saturated rings. The van der Waals surface area contributed by atoms with Gasteiger partial charge in [-0.1, -0.05) is 61.5 Å². The van der Waals surface area contributed by atoms with E-state index in [9.17, 15) is 19.5 Å². The number of carbonyl (C=O) groups is 3. The summed E-state index contributed by atoms with van der Waals surface area (Å²) in [6.45, 7) is 19.5. The van der Waals surface area contributed by atoms with Gasteiger partial charge in [0.2, 0.25) is 11.8 Å². The zero-order valence-corrected chi connectivity index (χ0v) is 22.9. The maximum absolute atomic E-state index is 12.7. The Morgan fingerprint density at radius 3 is 1.94 bits per heavy atom. The van der Waals surface area contributed by atoms with Crippen molar-refractivity contribution in [2.24, 2.45) is 23.2 Å². The minimum atomic E-state index is -0.884. The Kier molecular flexibility index (Phi) is 16.8. The van der Waals surface area contributed by atoms with Crippen molar-refractivity contribution in [3.8, 4) is 0 Å². The summed E-state index contributed by atoms with van der Waals surface area (Å²) in [4.78, 5) is 38.8. The zero-order chi connectivity index (χ0) is 26.4. The Labute approximate surface area is 202 Å². The fourth-order valence-corrected chi connectivity index (χ4v) is 3.38. The molecular weight excluding hydrogens is 420 g/mol. The average molecular weight is 471 g/mol. The molecule has 0 rings (SSSR count). The molecule has 0 heterocycles. The first kappa shape index (κ1) is 33.3. The van der Waals surface area contributed by atoms with Crippen molar-refractivity contribution in [2.45, 2.75) is 88.1 Å². The van der Waals surface area contributed by atoms with Crippen LogP contribution in [0, 0.1) is 23.2 Å². The van der Waals surface area contributed by atoms with Crippen LogP contribution in [0.1, 0.15) is 82.1 Å². The van der Waals surface area contributed by atoms with Gasteiger partial charge in [-0.05, 0) is 44.4 Å². The van der Waals surface area contributed by atoms with E-state index in [1.165, 1.54) is 4.90 Å². The summed E-state index contributed by atoms with van der Waals surface area (Å²) < 4.78 is 5.01. The van der Waals surface area contributed by atoms with Gasteiger partial charge in [0.1, 0.15) is 0 Å². The monoisotopic (exact) mass is 470 g/mol. The number of nitrogens with one attached hydrogen (secondary N) is 1. The Bertz CT molecular complexity index is 619. The van der Waals surface area contributed by atoms with Crippen LogP contribution < -0.4 is 5.32 Å². The second-order valence-electron chi connectivity index (χ2n) is 10.1. The molecule has 0 saturated heterocycles. The van der Waals surface area contributed by atoms with Crippen molar-refractivity contribution in [1.29, 1.82) is 0 Å². The number of aliphatic hydroxyl groups excluding tert-OH is 1. The average Bonchev–Trinajstić information content (AvgIpc) is 2.72. The van der Waals surface area contributed by atoms with Crippen LogP contribution in [-0.2, 0) is 19.1 Å². The second-order valence-corrected chi connectivity index (χ2v) is 10.1. The maximum atomic E-state index is 12.7. The number of rotatable bonds is 12. The Morgan fingerprint density at radius 2 is 1.58 bits per heavy atom. The van der Waals surface area contributed by atoms with Crippen LogP contribution in [0.3, 0.4) is 0 Å². The molecule has 0 aromatic heterocycles. The fraction of sp³-hybridized carbons (Fsp3) is 0.808. The van der Waals surface area contributed by atoms with Crippen molar-refractivity contribution in [3.63, 3.8) is 0 Å². The van der Waals surface area contributed by atoms with Crippen LogP contribution in [0.2, 0.25) is 0 Å². The van der Waals surface area contributed by atoms with E-state index >= 15 is 0 Å². The van der Waals surface area contributed by atoms with E-state index < -0.39 is 11.4 Å². The first-order chi connectivity index (χ1) is 15.2. The number of nitrogens with zero attached hydrogens (tertiary/aromatic N) is 1. The summed E-state index contributed by atoms with van der Waals surface area (Å²) in [5.74, 6) is 0.163. The molecule has 2 amide bonds. The molecule has 0 aliphatic rings. The summed E-state index contributed by atoms with van der Waals surface area (Å²) in [6, 6.07) is -0.312. The number of ether oxygens (including phenoxy) is 1. The second kappa shape index (κ2) is 16.7. The van der Waals surface area contributed by atoms with Crippen LogP contribution >= 0.6 is 0 Å².